The Morgan fingerprint density at radius 3 is 2.67 bits per heavy atom. The molecule has 0 saturated carbocycles. The lowest BCUT2D eigenvalue weighted by Crippen LogP contribution is -2.41. The van der Waals surface area contributed by atoms with Crippen molar-refractivity contribution in [3.8, 4) is 5.75 Å². The Morgan fingerprint density at radius 2 is 2.12 bits per heavy atom. The van der Waals surface area contributed by atoms with Gasteiger partial charge in [0.25, 0.3) is 0 Å². The van der Waals surface area contributed by atoms with E-state index in [1.165, 1.54) is 12.1 Å². The van der Waals surface area contributed by atoms with Gasteiger partial charge in [-0.2, -0.15) is 13.2 Å². The number of amides is 2. The van der Waals surface area contributed by atoms with Crippen LogP contribution in [0.1, 0.15) is 37.8 Å². The quantitative estimate of drug-likeness (QED) is 0.862. The zero-order valence-corrected chi connectivity index (χ0v) is 13.4. The third kappa shape index (κ3) is 4.62. The number of carbonyl (C=O) groups excluding carboxylic acids is 2. The molecule has 1 aliphatic heterocycles. The summed E-state index contributed by atoms with van der Waals surface area (Å²) < 4.78 is 44.9. The van der Waals surface area contributed by atoms with E-state index in [0.29, 0.717) is 6.42 Å². The average Bonchev–Trinajstić information content (AvgIpc) is 2.90. The second kappa shape index (κ2) is 7.11. The van der Waals surface area contributed by atoms with Crippen molar-refractivity contribution < 1.29 is 27.5 Å². The second-order valence-electron chi connectivity index (χ2n) is 5.86. The summed E-state index contributed by atoms with van der Waals surface area (Å²) in [5.41, 5.74) is -0.910. The molecule has 0 aromatic heterocycles. The van der Waals surface area contributed by atoms with Gasteiger partial charge in [0.05, 0.1) is 11.7 Å². The highest BCUT2D eigenvalue weighted by Crippen LogP contribution is 2.34. The minimum absolute atomic E-state index is 0.0590. The van der Waals surface area contributed by atoms with Gasteiger partial charge in [0, 0.05) is 13.0 Å². The van der Waals surface area contributed by atoms with Gasteiger partial charge in [0.2, 0.25) is 11.8 Å². The first-order valence-corrected chi connectivity index (χ1v) is 7.60. The van der Waals surface area contributed by atoms with Gasteiger partial charge in [-0.05, 0) is 38.0 Å². The Kier molecular flexibility index (Phi) is 5.36. The summed E-state index contributed by atoms with van der Waals surface area (Å²) in [7, 11) is 0. The molecular weight excluding hydrogens is 325 g/mol. The molecule has 132 valence electrons. The topological polar surface area (TPSA) is 67.4 Å². The summed E-state index contributed by atoms with van der Waals surface area (Å²) in [6.07, 6.45) is -4.22. The van der Waals surface area contributed by atoms with Crippen molar-refractivity contribution in [2.24, 2.45) is 0 Å². The summed E-state index contributed by atoms with van der Waals surface area (Å²) in [6.45, 7) is 3.16. The molecule has 1 aromatic carbocycles. The van der Waals surface area contributed by atoms with Gasteiger partial charge < -0.3 is 15.4 Å². The first-order valence-electron chi connectivity index (χ1n) is 7.60. The molecule has 1 aliphatic rings. The van der Waals surface area contributed by atoms with E-state index < -0.39 is 23.7 Å². The highest BCUT2D eigenvalue weighted by Gasteiger charge is 2.34. The maximum absolute atomic E-state index is 13.2. The lowest BCUT2D eigenvalue weighted by molar-refractivity contribution is -0.138. The predicted molar refractivity (Wildman–Crippen MR) is 80.2 cm³/mol. The highest BCUT2D eigenvalue weighted by atomic mass is 19.4. The smallest absolute Gasteiger partial charge is 0.416 e. The van der Waals surface area contributed by atoms with Crippen LogP contribution in [-0.2, 0) is 22.3 Å². The SMILES string of the molecule is CC(C)Oc1ccc(CNC(=O)[C@H]2CCC(=O)N2)c(C(F)(F)F)c1. The van der Waals surface area contributed by atoms with Crippen LogP contribution in [0.5, 0.6) is 5.75 Å². The number of benzene rings is 1. The van der Waals surface area contributed by atoms with Crippen LogP contribution in [0, 0.1) is 0 Å². The summed E-state index contributed by atoms with van der Waals surface area (Å²) in [4.78, 5) is 23.0. The third-order valence-corrected chi connectivity index (χ3v) is 3.52. The van der Waals surface area contributed by atoms with E-state index in [2.05, 4.69) is 10.6 Å². The monoisotopic (exact) mass is 344 g/mol. The lowest BCUT2D eigenvalue weighted by atomic mass is 10.1. The van der Waals surface area contributed by atoms with E-state index in [-0.39, 0.29) is 36.3 Å². The maximum atomic E-state index is 13.2. The molecule has 1 aromatic rings. The van der Waals surface area contributed by atoms with Crippen LogP contribution in [0.15, 0.2) is 18.2 Å². The van der Waals surface area contributed by atoms with Crippen molar-refractivity contribution in [2.75, 3.05) is 0 Å². The van der Waals surface area contributed by atoms with E-state index in [1.807, 2.05) is 0 Å². The van der Waals surface area contributed by atoms with Crippen LogP contribution in [0.4, 0.5) is 13.2 Å². The summed E-state index contributed by atoms with van der Waals surface area (Å²) in [5.74, 6) is -0.603. The predicted octanol–water partition coefficient (Wildman–Crippen LogP) is 2.39. The summed E-state index contributed by atoms with van der Waals surface area (Å²) >= 11 is 0. The molecule has 2 N–H and O–H groups in total. The normalized spacial score (nSPS) is 17.8. The van der Waals surface area contributed by atoms with Crippen molar-refractivity contribution in [3.05, 3.63) is 29.3 Å². The van der Waals surface area contributed by atoms with Gasteiger partial charge in [-0.1, -0.05) is 6.07 Å². The minimum atomic E-state index is -4.56. The van der Waals surface area contributed by atoms with E-state index >= 15 is 0 Å². The van der Waals surface area contributed by atoms with Crippen LogP contribution in [0.3, 0.4) is 0 Å². The van der Waals surface area contributed by atoms with Crippen LogP contribution in [-0.4, -0.2) is 24.0 Å². The molecule has 2 rings (SSSR count). The van der Waals surface area contributed by atoms with Crippen LogP contribution in [0.2, 0.25) is 0 Å². The van der Waals surface area contributed by atoms with Crippen molar-refractivity contribution in [3.63, 3.8) is 0 Å². The van der Waals surface area contributed by atoms with E-state index in [1.54, 1.807) is 13.8 Å². The standard InChI is InChI=1S/C16H19F3N2O3/c1-9(2)24-11-4-3-10(12(7-11)16(17,18)19)8-20-15(23)13-5-6-14(22)21-13/h3-4,7,9,13H,5-6,8H2,1-2H3,(H,20,23)(H,21,22)/t13-/m1/s1. The fraction of sp³-hybridized carbons (Fsp3) is 0.500. The van der Waals surface area contributed by atoms with E-state index in [9.17, 15) is 22.8 Å². The molecule has 5 nitrogen and oxygen atoms in total. The molecule has 2 amide bonds. The molecule has 0 bridgehead atoms. The van der Waals surface area contributed by atoms with Crippen LogP contribution in [0.25, 0.3) is 0 Å². The first kappa shape index (κ1) is 18.1. The fourth-order valence-electron chi connectivity index (χ4n) is 2.44. The number of nitrogens with one attached hydrogen (secondary N) is 2. The van der Waals surface area contributed by atoms with Crippen molar-refractivity contribution in [1.29, 1.82) is 0 Å². The van der Waals surface area contributed by atoms with Gasteiger partial charge in [0.1, 0.15) is 11.8 Å². The second-order valence-corrected chi connectivity index (χ2v) is 5.86. The van der Waals surface area contributed by atoms with Crippen molar-refractivity contribution in [1.82, 2.24) is 10.6 Å². The van der Waals surface area contributed by atoms with Crippen LogP contribution < -0.4 is 15.4 Å². The van der Waals surface area contributed by atoms with Crippen molar-refractivity contribution in [2.45, 2.75) is 51.6 Å². The number of rotatable bonds is 5. The Labute approximate surface area is 137 Å². The van der Waals surface area contributed by atoms with Gasteiger partial charge in [-0.3, -0.25) is 9.59 Å². The zero-order valence-electron chi connectivity index (χ0n) is 13.4. The minimum Gasteiger partial charge on any atom is -0.491 e. The largest absolute Gasteiger partial charge is 0.491 e. The number of halogens is 3. The molecule has 0 spiro atoms. The van der Waals surface area contributed by atoms with Gasteiger partial charge in [0.15, 0.2) is 0 Å². The molecular formula is C16H19F3N2O3. The molecule has 24 heavy (non-hydrogen) atoms. The van der Waals surface area contributed by atoms with E-state index in [0.717, 1.165) is 6.07 Å². The maximum Gasteiger partial charge on any atom is 0.416 e. The molecule has 8 heteroatoms. The number of ether oxygens (including phenoxy) is 1. The lowest BCUT2D eigenvalue weighted by Gasteiger charge is -2.17. The van der Waals surface area contributed by atoms with Crippen molar-refractivity contribution >= 4 is 11.8 Å². The summed E-state index contributed by atoms with van der Waals surface area (Å²) in [6, 6.07) is 2.97. The van der Waals surface area contributed by atoms with Crippen LogP contribution >= 0.6 is 0 Å². The first-order chi connectivity index (χ1) is 11.2. The molecule has 1 atom stereocenters. The molecule has 0 unspecified atom stereocenters. The van der Waals surface area contributed by atoms with Gasteiger partial charge >= 0.3 is 6.18 Å². The summed E-state index contributed by atoms with van der Waals surface area (Å²) in [5, 5.41) is 4.91. The Bertz CT molecular complexity index is 629. The Hall–Kier alpha value is -2.25. The number of hydrogen-bond donors (Lipinski definition) is 2. The fourth-order valence-corrected chi connectivity index (χ4v) is 2.44. The van der Waals surface area contributed by atoms with E-state index in [4.69, 9.17) is 4.74 Å². The molecule has 0 radical (unpaired) electrons. The number of hydrogen-bond acceptors (Lipinski definition) is 3. The van der Waals surface area contributed by atoms with Gasteiger partial charge in [-0.25, -0.2) is 0 Å². The molecule has 1 fully saturated rings. The molecule has 0 aliphatic carbocycles. The molecule has 1 saturated heterocycles. The Balaban J connectivity index is 2.11. The number of carbonyl (C=O) groups is 2. The number of alkyl halides is 3. The zero-order chi connectivity index (χ0) is 17.9. The molecule has 1 heterocycles. The third-order valence-electron chi connectivity index (χ3n) is 3.52. The Morgan fingerprint density at radius 1 is 1.42 bits per heavy atom. The highest BCUT2D eigenvalue weighted by molar-refractivity contribution is 5.90. The van der Waals surface area contributed by atoms with Gasteiger partial charge in [-0.15, -0.1) is 0 Å². The average molecular weight is 344 g/mol.